The number of para-hydroxylation sites is 1. The van der Waals surface area contributed by atoms with Gasteiger partial charge >= 0.3 is 89.8 Å². The first-order valence-corrected chi connectivity index (χ1v) is 9.06. The van der Waals surface area contributed by atoms with Crippen molar-refractivity contribution in [1.29, 1.82) is 0 Å². The van der Waals surface area contributed by atoms with Crippen molar-refractivity contribution >= 4 is 13.9 Å². The SMILES string of the molecule is COc1cccc(C[Se+](C)C)c1OC.[I-]. The van der Waals surface area contributed by atoms with Gasteiger partial charge in [-0.3, -0.25) is 0 Å². The maximum absolute atomic E-state index is 5.36. The van der Waals surface area contributed by atoms with Crippen LogP contribution >= 0.6 is 0 Å². The Balaban J connectivity index is 0.00000196. The molecule has 0 aromatic heterocycles. The van der Waals surface area contributed by atoms with Crippen LogP contribution < -0.4 is 33.5 Å². The average molecular weight is 387 g/mol. The number of ether oxygens (including phenoxy) is 2. The van der Waals surface area contributed by atoms with Gasteiger partial charge in [-0.15, -0.1) is 0 Å². The molecule has 0 heterocycles. The molecule has 0 aliphatic carbocycles. The fourth-order valence-electron chi connectivity index (χ4n) is 1.38. The van der Waals surface area contributed by atoms with Crippen molar-refractivity contribution in [2.24, 2.45) is 0 Å². The van der Waals surface area contributed by atoms with E-state index >= 15 is 0 Å². The number of methoxy groups -OCH3 is 2. The molecule has 0 bridgehead atoms. The largest absolute Gasteiger partial charge is 1.00 e. The van der Waals surface area contributed by atoms with E-state index in [9.17, 15) is 0 Å². The zero-order chi connectivity index (χ0) is 10.6. The molecule has 0 spiro atoms. The summed E-state index contributed by atoms with van der Waals surface area (Å²) >= 11 is -0.484. The Morgan fingerprint density at radius 3 is 2.27 bits per heavy atom. The first-order chi connectivity index (χ1) is 6.69. The first-order valence-electron chi connectivity index (χ1n) is 4.43. The monoisotopic (exact) mass is 388 g/mol. The topological polar surface area (TPSA) is 18.5 Å². The van der Waals surface area contributed by atoms with E-state index in [1.54, 1.807) is 14.2 Å². The Labute approximate surface area is 113 Å². The Hall–Kier alpha value is 0.0695. The van der Waals surface area contributed by atoms with E-state index in [2.05, 4.69) is 17.7 Å². The van der Waals surface area contributed by atoms with Crippen LogP contribution in [0.4, 0.5) is 0 Å². The number of hydrogen-bond donors (Lipinski definition) is 0. The summed E-state index contributed by atoms with van der Waals surface area (Å²) in [6.45, 7) is 0. The van der Waals surface area contributed by atoms with E-state index in [0.29, 0.717) is 0 Å². The molecule has 15 heavy (non-hydrogen) atoms. The third-order valence-electron chi connectivity index (χ3n) is 1.93. The summed E-state index contributed by atoms with van der Waals surface area (Å²) in [5.41, 5.74) is 1.27. The molecule has 0 aliphatic rings. The Morgan fingerprint density at radius 1 is 1.13 bits per heavy atom. The van der Waals surface area contributed by atoms with Crippen LogP contribution in [0.1, 0.15) is 5.56 Å². The molecule has 0 atom stereocenters. The van der Waals surface area contributed by atoms with Crippen LogP contribution in [0.15, 0.2) is 18.2 Å². The smallest absolute Gasteiger partial charge is 1.00 e. The second-order valence-corrected chi connectivity index (χ2v) is 8.02. The van der Waals surface area contributed by atoms with Gasteiger partial charge in [-0.2, -0.15) is 0 Å². The Morgan fingerprint density at radius 2 is 1.80 bits per heavy atom. The summed E-state index contributed by atoms with van der Waals surface area (Å²) in [5, 5.41) is 1.14. The Bertz CT molecular complexity index is 303. The second kappa shape index (κ2) is 7.36. The quantitative estimate of drug-likeness (QED) is 0.515. The van der Waals surface area contributed by atoms with Crippen LogP contribution in [0.5, 0.6) is 11.5 Å². The molecule has 0 aliphatic heterocycles. The zero-order valence-corrected chi connectivity index (χ0v) is 13.4. The predicted molar refractivity (Wildman–Crippen MR) is 60.7 cm³/mol. The Kier molecular flexibility index (Phi) is 7.39. The number of halogens is 1. The van der Waals surface area contributed by atoms with Crippen molar-refractivity contribution in [2.45, 2.75) is 17.0 Å². The average Bonchev–Trinajstić information content (AvgIpc) is 2.16. The van der Waals surface area contributed by atoms with Gasteiger partial charge in [0, 0.05) is 0 Å². The molecule has 1 aromatic rings. The summed E-state index contributed by atoms with van der Waals surface area (Å²) in [5.74, 6) is 6.36. The minimum Gasteiger partial charge on any atom is -1.00 e. The molecular formula is C11H17IO2Se. The van der Waals surface area contributed by atoms with Gasteiger partial charge in [0.1, 0.15) is 0 Å². The van der Waals surface area contributed by atoms with Gasteiger partial charge in [-0.25, -0.2) is 0 Å². The summed E-state index contributed by atoms with van der Waals surface area (Å²) in [4.78, 5) is 0. The molecule has 0 unspecified atom stereocenters. The van der Waals surface area contributed by atoms with Gasteiger partial charge in [0.15, 0.2) is 0 Å². The van der Waals surface area contributed by atoms with Crippen molar-refractivity contribution in [3.8, 4) is 11.5 Å². The van der Waals surface area contributed by atoms with E-state index in [0.717, 1.165) is 16.8 Å². The van der Waals surface area contributed by atoms with Crippen LogP contribution in [-0.2, 0) is 5.32 Å². The summed E-state index contributed by atoms with van der Waals surface area (Å²) in [6.07, 6.45) is 0. The molecule has 0 radical (unpaired) electrons. The van der Waals surface area contributed by atoms with E-state index in [-0.39, 0.29) is 24.0 Å². The standard InChI is InChI=1S/C11H17O2Se.HI/c1-12-10-7-5-6-9(8-14(3)4)11(10)13-2;/h5-7H,8H2,1-4H3;1H/q+1;/p-1. The molecule has 0 saturated heterocycles. The van der Waals surface area contributed by atoms with Gasteiger partial charge in [-0.1, -0.05) is 0 Å². The van der Waals surface area contributed by atoms with Crippen molar-refractivity contribution < 1.29 is 33.5 Å². The molecular weight excluding hydrogens is 370 g/mol. The van der Waals surface area contributed by atoms with Crippen LogP contribution in [0, 0.1) is 0 Å². The van der Waals surface area contributed by atoms with Gasteiger partial charge in [0.05, 0.1) is 0 Å². The number of rotatable bonds is 4. The molecule has 4 heteroatoms. The maximum Gasteiger partial charge on any atom is -1.00 e. The molecule has 86 valence electrons. The van der Waals surface area contributed by atoms with E-state index < -0.39 is 13.9 Å². The molecule has 0 fully saturated rings. The van der Waals surface area contributed by atoms with Gasteiger partial charge in [-0.05, 0) is 0 Å². The minimum absolute atomic E-state index is 0. The van der Waals surface area contributed by atoms with Crippen LogP contribution in [0.25, 0.3) is 0 Å². The fourth-order valence-corrected chi connectivity index (χ4v) is 3.16. The normalized spacial score (nSPS) is 9.67. The van der Waals surface area contributed by atoms with Crippen LogP contribution in [0.3, 0.4) is 0 Å². The molecule has 0 N–H and O–H groups in total. The summed E-state index contributed by atoms with van der Waals surface area (Å²) < 4.78 is 10.6. The molecule has 0 saturated carbocycles. The van der Waals surface area contributed by atoms with E-state index in [1.165, 1.54) is 5.56 Å². The van der Waals surface area contributed by atoms with Gasteiger partial charge in [0.25, 0.3) is 0 Å². The summed E-state index contributed by atoms with van der Waals surface area (Å²) in [7, 11) is 3.37. The maximum atomic E-state index is 5.36. The van der Waals surface area contributed by atoms with Crippen molar-refractivity contribution in [1.82, 2.24) is 0 Å². The van der Waals surface area contributed by atoms with Crippen molar-refractivity contribution in [3.05, 3.63) is 23.8 Å². The summed E-state index contributed by atoms with van der Waals surface area (Å²) in [6, 6.07) is 6.07. The second-order valence-electron chi connectivity index (χ2n) is 3.28. The van der Waals surface area contributed by atoms with Crippen molar-refractivity contribution in [2.75, 3.05) is 14.2 Å². The van der Waals surface area contributed by atoms with E-state index in [4.69, 9.17) is 9.47 Å². The minimum atomic E-state index is -0.484. The van der Waals surface area contributed by atoms with E-state index in [1.807, 2.05) is 12.1 Å². The number of benzene rings is 1. The molecule has 0 amide bonds. The van der Waals surface area contributed by atoms with Crippen molar-refractivity contribution in [3.63, 3.8) is 0 Å². The fraction of sp³-hybridized carbons (Fsp3) is 0.455. The van der Waals surface area contributed by atoms with Gasteiger partial charge in [0.2, 0.25) is 0 Å². The third kappa shape index (κ3) is 4.21. The predicted octanol–water partition coefficient (Wildman–Crippen LogP) is -0.456. The molecule has 2 nitrogen and oxygen atoms in total. The van der Waals surface area contributed by atoms with Crippen LogP contribution in [0.2, 0.25) is 11.6 Å². The molecule has 1 aromatic carbocycles. The first kappa shape index (κ1) is 15.1. The third-order valence-corrected chi connectivity index (χ3v) is 3.79. The molecule has 1 rings (SSSR count). The van der Waals surface area contributed by atoms with Gasteiger partial charge < -0.3 is 24.0 Å². The number of hydrogen-bond acceptors (Lipinski definition) is 2. The zero-order valence-electron chi connectivity index (χ0n) is 9.54. The van der Waals surface area contributed by atoms with Crippen LogP contribution in [-0.4, -0.2) is 28.1 Å².